The molecule has 2 aromatic carbocycles. The van der Waals surface area contributed by atoms with Crippen LogP contribution in [0.15, 0.2) is 71.9 Å². The predicted molar refractivity (Wildman–Crippen MR) is 91.5 cm³/mol. The van der Waals surface area contributed by atoms with Crippen LogP contribution in [0.4, 0.5) is 13.2 Å². The average molecular weight is 378 g/mol. The fourth-order valence-corrected chi connectivity index (χ4v) is 3.02. The van der Waals surface area contributed by atoms with Crippen LogP contribution < -0.4 is 5.14 Å². The van der Waals surface area contributed by atoms with Gasteiger partial charge in [0.15, 0.2) is 0 Å². The van der Waals surface area contributed by atoms with Crippen LogP contribution in [0.25, 0.3) is 22.3 Å². The van der Waals surface area contributed by atoms with Crippen LogP contribution in [0, 0.1) is 0 Å². The van der Waals surface area contributed by atoms with Crippen LogP contribution in [-0.4, -0.2) is 13.4 Å². The van der Waals surface area contributed by atoms with E-state index >= 15 is 0 Å². The van der Waals surface area contributed by atoms with Gasteiger partial charge in [0, 0.05) is 23.5 Å². The molecule has 0 aliphatic carbocycles. The second-order valence-corrected chi connectivity index (χ2v) is 7.17. The van der Waals surface area contributed by atoms with Gasteiger partial charge in [-0.1, -0.05) is 24.3 Å². The first-order chi connectivity index (χ1) is 12.1. The van der Waals surface area contributed by atoms with Crippen molar-refractivity contribution >= 4 is 10.0 Å². The highest BCUT2D eigenvalue weighted by atomic mass is 32.2. The maximum atomic E-state index is 12.7. The first-order valence-electron chi connectivity index (χ1n) is 7.40. The fraction of sp³-hybridized carbons (Fsp3) is 0.0556. The number of pyridine rings is 1. The zero-order valence-corrected chi connectivity index (χ0v) is 14.1. The molecule has 134 valence electrons. The molecule has 3 aromatic rings. The van der Waals surface area contributed by atoms with Crippen molar-refractivity contribution in [1.29, 1.82) is 0 Å². The zero-order chi connectivity index (χ0) is 18.9. The van der Waals surface area contributed by atoms with E-state index in [1.165, 1.54) is 36.7 Å². The van der Waals surface area contributed by atoms with E-state index in [4.69, 9.17) is 5.14 Å². The van der Waals surface area contributed by atoms with Crippen molar-refractivity contribution in [2.24, 2.45) is 5.14 Å². The largest absolute Gasteiger partial charge is 0.416 e. The number of alkyl halides is 3. The van der Waals surface area contributed by atoms with Crippen LogP contribution in [0.1, 0.15) is 5.56 Å². The van der Waals surface area contributed by atoms with E-state index in [0.717, 1.165) is 12.1 Å². The third-order valence-corrected chi connectivity index (χ3v) is 4.69. The first kappa shape index (κ1) is 18.1. The number of rotatable bonds is 3. The highest BCUT2D eigenvalue weighted by Gasteiger charge is 2.29. The third kappa shape index (κ3) is 3.92. The van der Waals surface area contributed by atoms with Crippen LogP contribution in [0.3, 0.4) is 0 Å². The molecule has 3 rings (SSSR count). The van der Waals surface area contributed by atoms with Gasteiger partial charge in [-0.15, -0.1) is 0 Å². The van der Waals surface area contributed by atoms with E-state index in [0.29, 0.717) is 22.3 Å². The summed E-state index contributed by atoms with van der Waals surface area (Å²) in [6.07, 6.45) is -1.34. The lowest BCUT2D eigenvalue weighted by Crippen LogP contribution is -2.11. The smallest absolute Gasteiger partial charge is 0.263 e. The van der Waals surface area contributed by atoms with E-state index in [9.17, 15) is 21.6 Å². The Morgan fingerprint density at radius 3 is 2.00 bits per heavy atom. The van der Waals surface area contributed by atoms with Crippen molar-refractivity contribution in [3.8, 4) is 22.3 Å². The molecule has 1 aromatic heterocycles. The summed E-state index contributed by atoms with van der Waals surface area (Å²) in [5, 5.41) is 5.14. The minimum Gasteiger partial charge on any atom is -0.263 e. The summed E-state index contributed by atoms with van der Waals surface area (Å²) in [4.78, 5) is 4.07. The number of nitrogens with two attached hydrogens (primary N) is 1. The fourth-order valence-electron chi connectivity index (χ4n) is 2.46. The molecule has 0 bridgehead atoms. The quantitative estimate of drug-likeness (QED) is 0.746. The Balaban J connectivity index is 1.99. The Hall–Kier alpha value is -2.71. The van der Waals surface area contributed by atoms with Gasteiger partial charge in [-0.3, -0.25) is 4.98 Å². The summed E-state index contributed by atoms with van der Waals surface area (Å²) in [6, 6.07) is 12.5. The standard InChI is InChI=1S/C18H13F3N2O2S/c19-18(20,21)16-6-4-12(5-7-16)14-8-15(11-23-10-14)13-2-1-3-17(9-13)26(22,24)25/h1-11H,(H2,22,24,25). The van der Waals surface area contributed by atoms with E-state index in [-0.39, 0.29) is 4.90 Å². The van der Waals surface area contributed by atoms with Gasteiger partial charge in [0.05, 0.1) is 10.5 Å². The molecule has 26 heavy (non-hydrogen) atoms. The molecular formula is C18H13F3N2O2S. The second-order valence-electron chi connectivity index (χ2n) is 5.61. The molecule has 0 aliphatic heterocycles. The number of hydrogen-bond donors (Lipinski definition) is 1. The van der Waals surface area contributed by atoms with Gasteiger partial charge in [-0.25, -0.2) is 13.6 Å². The van der Waals surface area contributed by atoms with Crippen molar-refractivity contribution in [2.45, 2.75) is 11.1 Å². The molecule has 8 heteroatoms. The number of sulfonamides is 1. The van der Waals surface area contributed by atoms with E-state index in [1.54, 1.807) is 18.2 Å². The topological polar surface area (TPSA) is 73.1 Å². The van der Waals surface area contributed by atoms with E-state index < -0.39 is 21.8 Å². The number of nitrogens with zero attached hydrogens (tertiary/aromatic N) is 1. The van der Waals surface area contributed by atoms with Crippen molar-refractivity contribution in [2.75, 3.05) is 0 Å². The maximum Gasteiger partial charge on any atom is 0.416 e. The summed E-state index contributed by atoms with van der Waals surface area (Å²) in [5.41, 5.74) is 1.64. The summed E-state index contributed by atoms with van der Waals surface area (Å²) in [5.74, 6) is 0. The molecule has 0 amide bonds. The van der Waals surface area contributed by atoms with Gasteiger partial charge in [-0.05, 0) is 41.5 Å². The number of primary sulfonamides is 1. The molecule has 0 saturated heterocycles. The third-order valence-electron chi connectivity index (χ3n) is 3.78. The molecule has 4 nitrogen and oxygen atoms in total. The normalized spacial score (nSPS) is 12.2. The van der Waals surface area contributed by atoms with Gasteiger partial charge < -0.3 is 0 Å². The summed E-state index contributed by atoms with van der Waals surface area (Å²) in [6.45, 7) is 0. The molecule has 1 heterocycles. The molecule has 0 spiro atoms. The lowest BCUT2D eigenvalue weighted by atomic mass is 10.0. The minimum atomic E-state index is -4.40. The van der Waals surface area contributed by atoms with E-state index in [2.05, 4.69) is 4.98 Å². The molecule has 0 aliphatic rings. The predicted octanol–water partition coefficient (Wildman–Crippen LogP) is 4.08. The monoisotopic (exact) mass is 378 g/mol. The van der Waals surface area contributed by atoms with Crippen LogP contribution in [0.2, 0.25) is 0 Å². The van der Waals surface area contributed by atoms with Crippen molar-refractivity contribution in [3.05, 3.63) is 72.6 Å². The van der Waals surface area contributed by atoms with Crippen LogP contribution in [-0.2, 0) is 16.2 Å². The van der Waals surface area contributed by atoms with Gasteiger partial charge in [-0.2, -0.15) is 13.2 Å². The summed E-state index contributed by atoms with van der Waals surface area (Å²) < 4.78 is 61.0. The number of benzene rings is 2. The first-order valence-corrected chi connectivity index (χ1v) is 8.95. The van der Waals surface area contributed by atoms with Gasteiger partial charge in [0.2, 0.25) is 10.0 Å². The Morgan fingerprint density at radius 2 is 1.42 bits per heavy atom. The highest BCUT2D eigenvalue weighted by molar-refractivity contribution is 7.89. The molecule has 0 atom stereocenters. The molecule has 2 N–H and O–H groups in total. The van der Waals surface area contributed by atoms with Crippen molar-refractivity contribution < 1.29 is 21.6 Å². The molecule has 0 radical (unpaired) electrons. The lowest BCUT2D eigenvalue weighted by Gasteiger charge is -2.09. The molecule has 0 saturated carbocycles. The highest BCUT2D eigenvalue weighted by Crippen LogP contribution is 2.32. The van der Waals surface area contributed by atoms with Crippen molar-refractivity contribution in [1.82, 2.24) is 4.98 Å². The Bertz CT molecular complexity index is 1050. The number of hydrogen-bond acceptors (Lipinski definition) is 3. The Labute approximate surface area is 148 Å². The maximum absolute atomic E-state index is 12.7. The Kier molecular flexibility index (Phi) is 4.55. The van der Waals surface area contributed by atoms with Gasteiger partial charge >= 0.3 is 6.18 Å². The number of halogens is 3. The van der Waals surface area contributed by atoms with Gasteiger partial charge in [0.1, 0.15) is 0 Å². The second kappa shape index (κ2) is 6.54. The van der Waals surface area contributed by atoms with Crippen molar-refractivity contribution in [3.63, 3.8) is 0 Å². The zero-order valence-electron chi connectivity index (χ0n) is 13.2. The lowest BCUT2D eigenvalue weighted by molar-refractivity contribution is -0.137. The summed E-state index contributed by atoms with van der Waals surface area (Å²) >= 11 is 0. The van der Waals surface area contributed by atoms with E-state index in [1.807, 2.05) is 0 Å². The SMILES string of the molecule is NS(=O)(=O)c1cccc(-c2cncc(-c3ccc(C(F)(F)F)cc3)c2)c1. The van der Waals surface area contributed by atoms with Crippen LogP contribution >= 0.6 is 0 Å². The van der Waals surface area contributed by atoms with Crippen LogP contribution in [0.5, 0.6) is 0 Å². The molecule has 0 unspecified atom stereocenters. The Morgan fingerprint density at radius 1 is 0.808 bits per heavy atom. The molecule has 0 fully saturated rings. The average Bonchev–Trinajstić information content (AvgIpc) is 2.61. The number of aromatic nitrogens is 1. The summed E-state index contributed by atoms with van der Waals surface area (Å²) in [7, 11) is -3.84. The molecular weight excluding hydrogens is 365 g/mol. The minimum absolute atomic E-state index is 0.0325. The van der Waals surface area contributed by atoms with Gasteiger partial charge in [0.25, 0.3) is 0 Å².